The Labute approximate surface area is 125 Å². The lowest BCUT2D eigenvalue weighted by atomic mass is 10.2. The lowest BCUT2D eigenvalue weighted by Crippen LogP contribution is -2.31. The number of amides is 1. The van der Waals surface area contributed by atoms with Gasteiger partial charge in [0.1, 0.15) is 0 Å². The number of rotatable bonds is 5. The van der Waals surface area contributed by atoms with Crippen molar-refractivity contribution in [3.05, 3.63) is 28.8 Å². The highest BCUT2D eigenvalue weighted by atomic mass is 35.5. The van der Waals surface area contributed by atoms with Crippen molar-refractivity contribution in [3.8, 4) is 0 Å². The molecule has 0 aliphatic carbocycles. The molecule has 5 nitrogen and oxygen atoms in total. The minimum absolute atomic E-state index is 0.0670. The van der Waals surface area contributed by atoms with Crippen molar-refractivity contribution < 1.29 is 13.2 Å². The zero-order chi connectivity index (χ0) is 15.5. The van der Waals surface area contributed by atoms with Crippen LogP contribution in [0.3, 0.4) is 0 Å². The standard InChI is InChI=1S/C13H19ClN2O3S/c1-10-5-6-11(9-12(10)14)16(4)13(17)7-8-20(18,19)15(2)3/h5-6,9H,7-8H2,1-4H3. The van der Waals surface area contributed by atoms with Crippen LogP contribution >= 0.6 is 11.6 Å². The van der Waals surface area contributed by atoms with Crippen LogP contribution in [0.2, 0.25) is 5.02 Å². The van der Waals surface area contributed by atoms with E-state index in [9.17, 15) is 13.2 Å². The van der Waals surface area contributed by atoms with E-state index in [1.807, 2.05) is 13.0 Å². The van der Waals surface area contributed by atoms with Gasteiger partial charge in [-0.2, -0.15) is 0 Å². The van der Waals surface area contributed by atoms with Gasteiger partial charge in [0.2, 0.25) is 15.9 Å². The van der Waals surface area contributed by atoms with Crippen molar-refractivity contribution >= 4 is 33.2 Å². The van der Waals surface area contributed by atoms with E-state index in [0.29, 0.717) is 10.7 Å². The Morgan fingerprint density at radius 1 is 1.25 bits per heavy atom. The smallest absolute Gasteiger partial charge is 0.227 e. The largest absolute Gasteiger partial charge is 0.315 e. The van der Waals surface area contributed by atoms with Crippen LogP contribution in [0.1, 0.15) is 12.0 Å². The van der Waals surface area contributed by atoms with Crippen LogP contribution in [0.4, 0.5) is 5.69 Å². The Hall–Kier alpha value is -1.11. The third-order valence-corrected chi connectivity index (χ3v) is 5.29. The number of carbonyl (C=O) groups excluding carboxylic acids is 1. The van der Waals surface area contributed by atoms with Gasteiger partial charge in [-0.1, -0.05) is 17.7 Å². The van der Waals surface area contributed by atoms with Gasteiger partial charge in [-0.25, -0.2) is 12.7 Å². The number of halogens is 1. The first-order chi connectivity index (χ1) is 9.15. The van der Waals surface area contributed by atoms with E-state index in [-0.39, 0.29) is 18.1 Å². The summed E-state index contributed by atoms with van der Waals surface area (Å²) in [5.74, 6) is -0.474. The monoisotopic (exact) mass is 318 g/mol. The molecule has 0 bridgehead atoms. The molecule has 0 N–H and O–H groups in total. The van der Waals surface area contributed by atoms with Crippen molar-refractivity contribution in [3.63, 3.8) is 0 Å². The molecule has 0 unspecified atom stereocenters. The number of anilines is 1. The predicted molar refractivity (Wildman–Crippen MR) is 81.7 cm³/mol. The van der Waals surface area contributed by atoms with Crippen molar-refractivity contribution in [1.29, 1.82) is 0 Å². The summed E-state index contributed by atoms with van der Waals surface area (Å²) in [6.45, 7) is 1.87. The molecule has 0 saturated heterocycles. The molecule has 0 radical (unpaired) electrons. The second-order valence-corrected chi connectivity index (χ2v) is 7.44. The van der Waals surface area contributed by atoms with Gasteiger partial charge in [0, 0.05) is 38.3 Å². The van der Waals surface area contributed by atoms with Gasteiger partial charge in [-0.15, -0.1) is 0 Å². The van der Waals surface area contributed by atoms with E-state index in [2.05, 4.69) is 0 Å². The topological polar surface area (TPSA) is 57.7 Å². The lowest BCUT2D eigenvalue weighted by molar-refractivity contribution is -0.117. The van der Waals surface area contributed by atoms with Gasteiger partial charge >= 0.3 is 0 Å². The number of hydrogen-bond donors (Lipinski definition) is 0. The Morgan fingerprint density at radius 2 is 1.85 bits per heavy atom. The molecule has 1 aromatic carbocycles. The first-order valence-corrected chi connectivity index (χ1v) is 8.07. The molecule has 0 fully saturated rings. The van der Waals surface area contributed by atoms with E-state index in [1.165, 1.54) is 19.0 Å². The number of nitrogens with zero attached hydrogens (tertiary/aromatic N) is 2. The number of benzene rings is 1. The third-order valence-electron chi connectivity index (χ3n) is 3.05. The Kier molecular flexibility index (Phi) is 5.56. The first kappa shape index (κ1) is 16.9. The SMILES string of the molecule is Cc1ccc(N(C)C(=O)CCS(=O)(=O)N(C)C)cc1Cl. The molecular weight excluding hydrogens is 300 g/mol. The molecular formula is C13H19ClN2O3S. The van der Waals surface area contributed by atoms with Gasteiger partial charge in [0.25, 0.3) is 0 Å². The van der Waals surface area contributed by atoms with Crippen molar-refractivity contribution in [1.82, 2.24) is 4.31 Å². The van der Waals surface area contributed by atoms with Crippen LogP contribution < -0.4 is 4.90 Å². The van der Waals surface area contributed by atoms with Gasteiger partial charge in [0.05, 0.1) is 5.75 Å². The third kappa shape index (κ3) is 4.19. The maximum Gasteiger partial charge on any atom is 0.227 e. The summed E-state index contributed by atoms with van der Waals surface area (Å²) in [4.78, 5) is 13.4. The molecule has 0 spiro atoms. The van der Waals surface area contributed by atoms with Crippen LogP contribution in [-0.4, -0.2) is 45.5 Å². The highest BCUT2D eigenvalue weighted by molar-refractivity contribution is 7.89. The Morgan fingerprint density at radius 3 is 2.35 bits per heavy atom. The highest BCUT2D eigenvalue weighted by Gasteiger charge is 2.18. The van der Waals surface area contributed by atoms with Gasteiger partial charge in [-0.05, 0) is 24.6 Å². The fraction of sp³-hybridized carbons (Fsp3) is 0.462. The molecule has 1 rings (SSSR count). The van der Waals surface area contributed by atoms with Crippen molar-refractivity contribution in [2.24, 2.45) is 0 Å². The molecule has 112 valence electrons. The molecule has 20 heavy (non-hydrogen) atoms. The summed E-state index contributed by atoms with van der Waals surface area (Å²) < 4.78 is 24.4. The second-order valence-electron chi connectivity index (χ2n) is 4.73. The van der Waals surface area contributed by atoms with E-state index >= 15 is 0 Å². The van der Waals surface area contributed by atoms with E-state index in [0.717, 1.165) is 9.87 Å². The lowest BCUT2D eigenvalue weighted by Gasteiger charge is -2.19. The Balaban J connectivity index is 2.75. The average Bonchev–Trinajstić information content (AvgIpc) is 2.38. The van der Waals surface area contributed by atoms with Crippen molar-refractivity contribution in [2.75, 3.05) is 31.8 Å². The number of hydrogen-bond acceptors (Lipinski definition) is 3. The van der Waals surface area contributed by atoms with Gasteiger partial charge in [-0.3, -0.25) is 4.79 Å². The zero-order valence-electron chi connectivity index (χ0n) is 12.1. The molecule has 1 aromatic rings. The summed E-state index contributed by atoms with van der Waals surface area (Å²) in [6.07, 6.45) is -0.0670. The van der Waals surface area contributed by atoms with Crippen molar-refractivity contribution in [2.45, 2.75) is 13.3 Å². The van der Waals surface area contributed by atoms with Gasteiger partial charge < -0.3 is 4.90 Å². The van der Waals surface area contributed by atoms with Crippen LogP contribution in [0.15, 0.2) is 18.2 Å². The summed E-state index contributed by atoms with van der Waals surface area (Å²) in [6, 6.07) is 5.28. The molecule has 0 saturated carbocycles. The fourth-order valence-corrected chi connectivity index (χ4v) is 2.47. The zero-order valence-corrected chi connectivity index (χ0v) is 13.6. The second kappa shape index (κ2) is 6.56. The summed E-state index contributed by atoms with van der Waals surface area (Å²) >= 11 is 6.01. The van der Waals surface area contributed by atoms with E-state index < -0.39 is 10.0 Å². The highest BCUT2D eigenvalue weighted by Crippen LogP contribution is 2.22. The minimum Gasteiger partial charge on any atom is -0.315 e. The molecule has 0 atom stereocenters. The molecule has 0 heterocycles. The first-order valence-electron chi connectivity index (χ1n) is 6.08. The van der Waals surface area contributed by atoms with E-state index in [4.69, 9.17) is 11.6 Å². The number of sulfonamides is 1. The molecule has 0 aliphatic rings. The Bertz CT molecular complexity index is 600. The number of aryl methyl sites for hydroxylation is 1. The summed E-state index contributed by atoms with van der Waals surface area (Å²) in [5.41, 5.74) is 1.57. The maximum absolute atomic E-state index is 12.0. The molecule has 1 amide bonds. The molecule has 0 aliphatic heterocycles. The summed E-state index contributed by atoms with van der Waals surface area (Å²) in [5, 5.41) is 0.572. The maximum atomic E-state index is 12.0. The molecule has 7 heteroatoms. The van der Waals surface area contributed by atoms with Crippen LogP contribution in [0.5, 0.6) is 0 Å². The average molecular weight is 319 g/mol. The van der Waals surface area contributed by atoms with Gasteiger partial charge in [0.15, 0.2) is 0 Å². The minimum atomic E-state index is -3.36. The fourth-order valence-electron chi connectivity index (χ4n) is 1.50. The van der Waals surface area contributed by atoms with E-state index in [1.54, 1.807) is 19.2 Å². The van der Waals surface area contributed by atoms with Crippen LogP contribution in [-0.2, 0) is 14.8 Å². The van der Waals surface area contributed by atoms with Crippen LogP contribution in [0.25, 0.3) is 0 Å². The van der Waals surface area contributed by atoms with Crippen LogP contribution in [0, 0.1) is 6.92 Å². The molecule has 0 aromatic heterocycles. The normalized spacial score (nSPS) is 11.7. The summed E-state index contributed by atoms with van der Waals surface area (Å²) in [7, 11) is 1.13. The predicted octanol–water partition coefficient (Wildman–Crippen LogP) is 1.89. The quantitative estimate of drug-likeness (QED) is 0.833. The number of carbonyl (C=O) groups is 1.